The van der Waals surface area contributed by atoms with Gasteiger partial charge in [0.1, 0.15) is 5.38 Å². The minimum atomic E-state index is -0.686. The number of hydrogen-bond donors (Lipinski definition) is 1. The third-order valence-corrected chi connectivity index (χ3v) is 3.04. The summed E-state index contributed by atoms with van der Waals surface area (Å²) in [6.07, 6.45) is 0. The van der Waals surface area contributed by atoms with Crippen molar-refractivity contribution in [1.82, 2.24) is 15.1 Å². The van der Waals surface area contributed by atoms with Crippen LogP contribution in [0, 0.1) is 0 Å². The number of alkyl halides is 1. The summed E-state index contributed by atoms with van der Waals surface area (Å²) in [4.78, 5) is 26.7. The summed E-state index contributed by atoms with van der Waals surface area (Å²) in [5.74, 6) is -0.446. The van der Waals surface area contributed by atoms with Gasteiger partial charge in [-0.25, -0.2) is 4.79 Å². The molecule has 0 bridgehead atoms. The number of rotatable bonds is 1. The van der Waals surface area contributed by atoms with Crippen molar-refractivity contribution in [3.8, 4) is 0 Å². The molecule has 0 aromatic carbocycles. The predicted molar refractivity (Wildman–Crippen MR) is 62.5 cm³/mol. The molecule has 1 saturated heterocycles. The van der Waals surface area contributed by atoms with Gasteiger partial charge in [0.25, 0.3) is 0 Å². The quantitative estimate of drug-likeness (QED) is 0.686. The number of carbonyl (C=O) groups excluding carboxylic acids is 2. The van der Waals surface area contributed by atoms with Crippen LogP contribution in [0.3, 0.4) is 0 Å². The Balaban J connectivity index is 2.46. The van der Waals surface area contributed by atoms with Crippen LogP contribution >= 0.6 is 11.6 Å². The Kier molecular flexibility index (Phi) is 4.56. The smallest absolute Gasteiger partial charge is 0.322 e. The van der Waals surface area contributed by atoms with Crippen LogP contribution in [0.5, 0.6) is 0 Å². The molecule has 1 N–H and O–H groups in total. The van der Waals surface area contributed by atoms with Gasteiger partial charge in [0.15, 0.2) is 0 Å². The van der Waals surface area contributed by atoms with Gasteiger partial charge in [-0.2, -0.15) is 0 Å². The fourth-order valence-corrected chi connectivity index (χ4v) is 1.57. The van der Waals surface area contributed by atoms with E-state index in [9.17, 15) is 9.59 Å². The summed E-state index contributed by atoms with van der Waals surface area (Å²) in [7, 11) is 2.02. The summed E-state index contributed by atoms with van der Waals surface area (Å²) < 4.78 is 0. The molecule has 1 rings (SSSR count). The number of hydrogen-bond acceptors (Lipinski definition) is 3. The van der Waals surface area contributed by atoms with Gasteiger partial charge in [0.05, 0.1) is 0 Å². The Morgan fingerprint density at radius 1 is 1.44 bits per heavy atom. The lowest BCUT2D eigenvalue weighted by atomic mass is 10.2. The molecule has 2 atom stereocenters. The molecule has 1 aliphatic heterocycles. The van der Waals surface area contributed by atoms with E-state index in [4.69, 9.17) is 11.6 Å². The van der Waals surface area contributed by atoms with E-state index in [1.165, 1.54) is 6.92 Å². The molecule has 1 heterocycles. The number of carbonyl (C=O) groups is 2. The predicted octanol–water partition coefficient (Wildman–Crippen LogP) is 0.486. The first-order valence-electron chi connectivity index (χ1n) is 5.36. The molecular weight excluding hydrogens is 230 g/mol. The number of nitrogens with zero attached hydrogens (tertiary/aromatic N) is 2. The second kappa shape index (κ2) is 5.50. The summed E-state index contributed by atoms with van der Waals surface area (Å²) >= 11 is 5.57. The molecule has 6 heteroatoms. The first kappa shape index (κ1) is 13.3. The van der Waals surface area contributed by atoms with Crippen molar-refractivity contribution < 1.29 is 9.59 Å². The summed E-state index contributed by atoms with van der Waals surface area (Å²) in [5, 5.41) is 1.60. The average molecular weight is 248 g/mol. The second-order valence-corrected chi connectivity index (χ2v) is 4.84. The third-order valence-electron chi connectivity index (χ3n) is 2.84. The zero-order valence-corrected chi connectivity index (χ0v) is 10.6. The van der Waals surface area contributed by atoms with E-state index in [0.717, 1.165) is 6.54 Å². The number of urea groups is 1. The lowest BCUT2D eigenvalue weighted by molar-refractivity contribution is -0.119. The molecule has 1 fully saturated rings. The Labute approximate surface area is 101 Å². The molecule has 5 nitrogen and oxygen atoms in total. The second-order valence-electron chi connectivity index (χ2n) is 4.19. The zero-order valence-electron chi connectivity index (χ0n) is 9.86. The normalized spacial score (nSPS) is 24.0. The highest BCUT2D eigenvalue weighted by Gasteiger charge is 2.25. The minimum absolute atomic E-state index is 0.308. The highest BCUT2D eigenvalue weighted by atomic mass is 35.5. The largest absolute Gasteiger partial charge is 0.324 e. The van der Waals surface area contributed by atoms with Crippen LogP contribution in [0.25, 0.3) is 0 Å². The fraction of sp³-hybridized carbons (Fsp3) is 0.800. The number of piperazine rings is 1. The van der Waals surface area contributed by atoms with Crippen LogP contribution in [0.15, 0.2) is 0 Å². The highest BCUT2D eigenvalue weighted by molar-refractivity contribution is 6.31. The van der Waals surface area contributed by atoms with Crippen molar-refractivity contribution in [2.45, 2.75) is 25.3 Å². The third kappa shape index (κ3) is 3.35. The average Bonchev–Trinajstić information content (AvgIpc) is 2.21. The van der Waals surface area contributed by atoms with Crippen molar-refractivity contribution in [1.29, 1.82) is 0 Å². The molecule has 0 aromatic heterocycles. The van der Waals surface area contributed by atoms with Gasteiger partial charge >= 0.3 is 6.03 Å². The van der Waals surface area contributed by atoms with Gasteiger partial charge in [-0.3, -0.25) is 10.1 Å². The molecule has 0 spiro atoms. The number of amides is 3. The molecule has 92 valence electrons. The van der Waals surface area contributed by atoms with Crippen molar-refractivity contribution in [3.05, 3.63) is 0 Å². The van der Waals surface area contributed by atoms with Crippen LogP contribution in [0.4, 0.5) is 4.79 Å². The van der Waals surface area contributed by atoms with E-state index in [0.29, 0.717) is 19.1 Å². The highest BCUT2D eigenvalue weighted by Crippen LogP contribution is 2.07. The monoisotopic (exact) mass is 247 g/mol. The molecule has 1 aliphatic rings. The van der Waals surface area contributed by atoms with E-state index in [1.54, 1.807) is 4.90 Å². The van der Waals surface area contributed by atoms with Crippen molar-refractivity contribution in [2.24, 2.45) is 0 Å². The van der Waals surface area contributed by atoms with Crippen molar-refractivity contribution in [3.63, 3.8) is 0 Å². The van der Waals surface area contributed by atoms with Gasteiger partial charge < -0.3 is 9.80 Å². The molecule has 3 amide bonds. The van der Waals surface area contributed by atoms with E-state index in [1.807, 2.05) is 14.0 Å². The first-order chi connectivity index (χ1) is 7.41. The topological polar surface area (TPSA) is 52.7 Å². The van der Waals surface area contributed by atoms with E-state index >= 15 is 0 Å². The Morgan fingerprint density at radius 3 is 2.56 bits per heavy atom. The zero-order chi connectivity index (χ0) is 12.3. The van der Waals surface area contributed by atoms with E-state index in [2.05, 4.69) is 10.2 Å². The van der Waals surface area contributed by atoms with Crippen LogP contribution < -0.4 is 5.32 Å². The number of likely N-dealkylation sites (N-methyl/N-ethyl adjacent to an activating group) is 1. The lowest BCUT2D eigenvalue weighted by Crippen LogP contribution is -2.55. The Morgan fingerprint density at radius 2 is 2.06 bits per heavy atom. The maximum atomic E-state index is 11.7. The number of imide groups is 1. The molecule has 2 unspecified atom stereocenters. The molecule has 0 aliphatic carbocycles. The summed E-state index contributed by atoms with van der Waals surface area (Å²) in [6.45, 7) is 5.67. The number of nitrogens with one attached hydrogen (secondary N) is 1. The molecule has 16 heavy (non-hydrogen) atoms. The van der Waals surface area contributed by atoms with E-state index < -0.39 is 11.3 Å². The van der Waals surface area contributed by atoms with Crippen LogP contribution in [0.2, 0.25) is 0 Å². The van der Waals surface area contributed by atoms with Gasteiger partial charge in [0, 0.05) is 25.7 Å². The van der Waals surface area contributed by atoms with Crippen LogP contribution in [-0.4, -0.2) is 59.8 Å². The van der Waals surface area contributed by atoms with Gasteiger partial charge in [0.2, 0.25) is 5.91 Å². The fourth-order valence-electron chi connectivity index (χ4n) is 1.52. The molecule has 0 radical (unpaired) electrons. The lowest BCUT2D eigenvalue weighted by Gasteiger charge is -2.37. The van der Waals surface area contributed by atoms with Crippen molar-refractivity contribution >= 4 is 23.5 Å². The first-order valence-corrected chi connectivity index (χ1v) is 5.79. The Bertz CT molecular complexity index is 283. The maximum absolute atomic E-state index is 11.7. The molecule has 0 aromatic rings. The molecular formula is C10H18ClN3O2. The van der Waals surface area contributed by atoms with Gasteiger partial charge in [-0.05, 0) is 20.9 Å². The van der Waals surface area contributed by atoms with E-state index in [-0.39, 0.29) is 6.03 Å². The standard InChI is InChI=1S/C10H18ClN3O2/c1-7-6-14(5-4-13(7)3)10(16)12-9(15)8(2)11/h7-8H,4-6H2,1-3H3,(H,12,15,16). The SMILES string of the molecule is CC(Cl)C(=O)NC(=O)N1CCN(C)C(C)C1. The summed E-state index contributed by atoms with van der Waals surface area (Å²) in [5.41, 5.74) is 0. The van der Waals surface area contributed by atoms with Gasteiger partial charge in [-0.15, -0.1) is 11.6 Å². The van der Waals surface area contributed by atoms with Crippen molar-refractivity contribution in [2.75, 3.05) is 26.7 Å². The van der Waals surface area contributed by atoms with Gasteiger partial charge in [-0.1, -0.05) is 0 Å². The maximum Gasteiger partial charge on any atom is 0.324 e. The van der Waals surface area contributed by atoms with Crippen LogP contribution in [-0.2, 0) is 4.79 Å². The number of halogens is 1. The Hall–Kier alpha value is -0.810. The van der Waals surface area contributed by atoms with Crippen LogP contribution in [0.1, 0.15) is 13.8 Å². The summed E-state index contributed by atoms with van der Waals surface area (Å²) in [6, 6.07) is -0.0412. The minimum Gasteiger partial charge on any atom is -0.322 e. The molecule has 0 saturated carbocycles.